The van der Waals surface area contributed by atoms with E-state index in [0.29, 0.717) is 19.3 Å². The van der Waals surface area contributed by atoms with Gasteiger partial charge in [0.05, 0.1) is 0 Å². The number of nitrogens with two attached hydrogens (primary N) is 4. The fourth-order valence-corrected chi connectivity index (χ4v) is 5.02. The predicted molar refractivity (Wildman–Crippen MR) is 170 cm³/mol. The predicted octanol–water partition coefficient (Wildman–Crippen LogP) is -1.17. The van der Waals surface area contributed by atoms with Gasteiger partial charge in [-0.3, -0.25) is 29.0 Å². The summed E-state index contributed by atoms with van der Waals surface area (Å²) in [6.45, 7) is 5.08. The van der Waals surface area contributed by atoms with Gasteiger partial charge in [0.15, 0.2) is 5.96 Å². The molecule has 0 aromatic carbocycles. The molecular weight excluding hydrogens is 602 g/mol. The first-order valence-corrected chi connectivity index (χ1v) is 15.5. The summed E-state index contributed by atoms with van der Waals surface area (Å²) in [5, 5.41) is 19.2. The molecular formula is C29H51N9O8. The van der Waals surface area contributed by atoms with Crippen LogP contribution in [0.2, 0.25) is 0 Å². The molecule has 17 heteroatoms. The number of carbonyl (C=O) groups is 6. The number of carbonyl (C=O) groups excluding carboxylic acids is 5. The fraction of sp³-hybridized carbons (Fsp3) is 0.690. The third-order valence-corrected chi connectivity index (χ3v) is 7.48. The van der Waals surface area contributed by atoms with Crippen LogP contribution in [0.25, 0.3) is 0 Å². The van der Waals surface area contributed by atoms with Gasteiger partial charge in [-0.15, -0.1) is 0 Å². The SMILES string of the molecule is C=CCOC(=O)N[C@@H](CCCCN=C(N)N)C(=O)N[C@@H](CCC(=O)O)C(=O)N[C@H](C(=O)N[C@@H](CC1CCCCC1)C(N)=O)C(C)N. The van der Waals surface area contributed by atoms with Crippen LogP contribution in [0, 0.1) is 5.92 Å². The molecule has 1 aliphatic rings. The summed E-state index contributed by atoms with van der Waals surface area (Å²) in [4.78, 5) is 79.5. The second kappa shape index (κ2) is 21.3. The van der Waals surface area contributed by atoms with Crippen molar-refractivity contribution in [1.82, 2.24) is 21.3 Å². The summed E-state index contributed by atoms with van der Waals surface area (Å²) in [5.74, 6) is -4.28. The lowest BCUT2D eigenvalue weighted by Crippen LogP contribution is -2.62. The number of amides is 5. The molecule has 1 fully saturated rings. The lowest BCUT2D eigenvalue weighted by molar-refractivity contribution is -0.138. The third-order valence-electron chi connectivity index (χ3n) is 7.48. The van der Waals surface area contributed by atoms with Crippen LogP contribution >= 0.6 is 0 Å². The Morgan fingerprint density at radius 1 is 0.891 bits per heavy atom. The highest BCUT2D eigenvalue weighted by Crippen LogP contribution is 2.27. The zero-order valence-electron chi connectivity index (χ0n) is 26.5. The average Bonchev–Trinajstić information content (AvgIpc) is 2.99. The number of nitrogens with zero attached hydrogens (tertiary/aromatic N) is 1. The molecule has 0 spiro atoms. The molecule has 0 aliphatic heterocycles. The number of guanidine groups is 1. The van der Waals surface area contributed by atoms with Crippen molar-refractivity contribution in [1.29, 1.82) is 0 Å². The number of hydrogen-bond acceptors (Lipinski definition) is 9. The van der Waals surface area contributed by atoms with E-state index in [1.807, 2.05) is 0 Å². The number of carboxylic acid groups (broad SMARTS) is 1. The average molecular weight is 654 g/mol. The number of alkyl carbamates (subject to hydrolysis) is 1. The number of unbranched alkanes of at least 4 members (excludes halogenated alkanes) is 1. The molecule has 5 atom stereocenters. The molecule has 0 saturated heterocycles. The highest BCUT2D eigenvalue weighted by atomic mass is 16.5. The maximum Gasteiger partial charge on any atom is 0.408 e. The molecule has 260 valence electrons. The molecule has 46 heavy (non-hydrogen) atoms. The van der Waals surface area contributed by atoms with Crippen LogP contribution in [-0.2, 0) is 28.7 Å². The number of carboxylic acids is 1. The van der Waals surface area contributed by atoms with E-state index in [0.717, 1.165) is 32.1 Å². The van der Waals surface area contributed by atoms with Crippen molar-refractivity contribution in [2.75, 3.05) is 13.2 Å². The number of ether oxygens (including phenoxy) is 1. The van der Waals surface area contributed by atoms with Crippen molar-refractivity contribution >= 4 is 41.7 Å². The van der Waals surface area contributed by atoms with Gasteiger partial charge in [0.1, 0.15) is 30.8 Å². The van der Waals surface area contributed by atoms with Crippen molar-refractivity contribution in [3.63, 3.8) is 0 Å². The summed E-state index contributed by atoms with van der Waals surface area (Å²) < 4.78 is 4.91. The van der Waals surface area contributed by atoms with Gasteiger partial charge in [0.25, 0.3) is 0 Å². The number of rotatable bonds is 21. The van der Waals surface area contributed by atoms with Crippen LogP contribution in [-0.4, -0.2) is 90.1 Å². The molecule has 1 unspecified atom stereocenters. The lowest BCUT2D eigenvalue weighted by atomic mass is 9.84. The molecule has 1 saturated carbocycles. The highest BCUT2D eigenvalue weighted by Gasteiger charge is 2.33. The van der Waals surface area contributed by atoms with E-state index < -0.39 is 72.3 Å². The fourth-order valence-electron chi connectivity index (χ4n) is 5.02. The Hall–Kier alpha value is -4.41. The first kappa shape index (κ1) is 39.6. The van der Waals surface area contributed by atoms with Crippen LogP contribution in [0.15, 0.2) is 17.6 Å². The topological polar surface area (TPSA) is 296 Å². The van der Waals surface area contributed by atoms with Crippen molar-refractivity contribution in [2.45, 2.75) is 108 Å². The van der Waals surface area contributed by atoms with E-state index in [2.05, 4.69) is 32.8 Å². The zero-order chi connectivity index (χ0) is 34.6. The van der Waals surface area contributed by atoms with Crippen molar-refractivity contribution in [2.24, 2.45) is 33.8 Å². The van der Waals surface area contributed by atoms with Gasteiger partial charge in [-0.05, 0) is 44.9 Å². The Bertz CT molecular complexity index is 1070. The number of aliphatic imine (C=N–C) groups is 1. The quantitative estimate of drug-likeness (QED) is 0.0308. The monoisotopic (exact) mass is 653 g/mol. The molecule has 5 amide bonds. The summed E-state index contributed by atoms with van der Waals surface area (Å²) >= 11 is 0. The largest absolute Gasteiger partial charge is 0.481 e. The second-order valence-corrected chi connectivity index (χ2v) is 11.4. The first-order chi connectivity index (χ1) is 21.7. The minimum Gasteiger partial charge on any atom is -0.481 e. The van der Waals surface area contributed by atoms with Crippen LogP contribution in [0.3, 0.4) is 0 Å². The Labute approximate surface area is 269 Å². The normalized spacial score (nSPS) is 16.3. The molecule has 13 N–H and O–H groups in total. The van der Waals surface area contributed by atoms with Crippen molar-refractivity contribution < 1.29 is 38.6 Å². The smallest absolute Gasteiger partial charge is 0.408 e. The molecule has 17 nitrogen and oxygen atoms in total. The Morgan fingerprint density at radius 2 is 1.50 bits per heavy atom. The van der Waals surface area contributed by atoms with Gasteiger partial charge in [-0.1, -0.05) is 44.8 Å². The maximum absolute atomic E-state index is 13.4. The van der Waals surface area contributed by atoms with Gasteiger partial charge in [0.2, 0.25) is 23.6 Å². The van der Waals surface area contributed by atoms with E-state index in [1.54, 1.807) is 0 Å². The number of primary amides is 1. The van der Waals surface area contributed by atoms with E-state index in [1.165, 1.54) is 13.0 Å². The standard InChI is InChI=1S/C29H51N9O8/c1-3-15-46-29(45)37-19(11-7-8-14-34-28(32)33)25(42)35-20(12-13-22(39)40)26(43)38-23(17(2)30)27(44)36-21(24(31)41)16-18-9-5-4-6-10-18/h3,17-21,23H,1,4-16,30H2,2H3,(H2,31,41)(H,35,42)(H,36,44)(H,37,45)(H,38,43)(H,39,40)(H4,32,33,34)/t17?,19-,20-,21-,23-/m0/s1. The number of aliphatic carboxylic acids is 1. The van der Waals surface area contributed by atoms with Crippen LogP contribution in [0.4, 0.5) is 4.79 Å². The third kappa shape index (κ3) is 16.1. The molecule has 0 aromatic rings. The zero-order valence-corrected chi connectivity index (χ0v) is 26.5. The number of nitrogens with one attached hydrogen (secondary N) is 4. The van der Waals surface area contributed by atoms with E-state index in [9.17, 15) is 33.9 Å². The Morgan fingerprint density at radius 3 is 2.07 bits per heavy atom. The molecule has 1 aliphatic carbocycles. The molecule has 0 heterocycles. The van der Waals surface area contributed by atoms with Crippen molar-refractivity contribution in [3.8, 4) is 0 Å². The summed E-state index contributed by atoms with van der Waals surface area (Å²) in [7, 11) is 0. The summed E-state index contributed by atoms with van der Waals surface area (Å²) in [6.07, 6.45) is 5.86. The van der Waals surface area contributed by atoms with E-state index in [-0.39, 0.29) is 37.9 Å². The number of hydrogen-bond donors (Lipinski definition) is 9. The van der Waals surface area contributed by atoms with Crippen molar-refractivity contribution in [3.05, 3.63) is 12.7 Å². The lowest BCUT2D eigenvalue weighted by Gasteiger charge is -2.29. The van der Waals surface area contributed by atoms with E-state index >= 15 is 0 Å². The Balaban J connectivity index is 3.06. The van der Waals surface area contributed by atoms with Gasteiger partial charge in [-0.2, -0.15) is 0 Å². The molecule has 0 radical (unpaired) electrons. The van der Waals surface area contributed by atoms with Crippen LogP contribution < -0.4 is 44.2 Å². The van der Waals surface area contributed by atoms with Crippen LogP contribution in [0.5, 0.6) is 0 Å². The summed E-state index contributed by atoms with van der Waals surface area (Å²) in [6, 6.07) is -5.87. The van der Waals surface area contributed by atoms with Gasteiger partial charge >= 0.3 is 12.1 Å². The van der Waals surface area contributed by atoms with Gasteiger partial charge in [0, 0.05) is 19.0 Å². The molecule has 0 bridgehead atoms. The van der Waals surface area contributed by atoms with Gasteiger partial charge in [-0.25, -0.2) is 4.79 Å². The Kier molecular flexibility index (Phi) is 18.4. The highest BCUT2D eigenvalue weighted by molar-refractivity contribution is 5.95. The van der Waals surface area contributed by atoms with E-state index in [4.69, 9.17) is 27.7 Å². The minimum absolute atomic E-state index is 0.0964. The van der Waals surface area contributed by atoms with Crippen LogP contribution in [0.1, 0.15) is 77.6 Å². The maximum atomic E-state index is 13.4. The first-order valence-electron chi connectivity index (χ1n) is 15.5. The second-order valence-electron chi connectivity index (χ2n) is 11.4. The molecule has 0 aromatic heterocycles. The minimum atomic E-state index is -1.43. The summed E-state index contributed by atoms with van der Waals surface area (Å²) in [5.41, 5.74) is 22.2. The molecule has 1 rings (SSSR count). The van der Waals surface area contributed by atoms with Gasteiger partial charge < -0.3 is 54.0 Å².